The second kappa shape index (κ2) is 8.09. The van der Waals surface area contributed by atoms with Crippen LogP contribution in [0, 0.1) is 0 Å². The molecule has 1 aromatic heterocycles. The summed E-state index contributed by atoms with van der Waals surface area (Å²) in [5, 5.41) is 12.1. The maximum atomic E-state index is 10.7. The Balaban J connectivity index is 1.79. The van der Waals surface area contributed by atoms with E-state index in [2.05, 4.69) is 5.32 Å². The number of nitrogens with two attached hydrogens (primary N) is 1. The van der Waals surface area contributed by atoms with Crippen molar-refractivity contribution in [3.63, 3.8) is 0 Å². The average molecular weight is 304 g/mol. The molecule has 0 saturated carbocycles. The van der Waals surface area contributed by atoms with E-state index < -0.39 is 5.97 Å². The highest BCUT2D eigenvalue weighted by Gasteiger charge is 2.09. The van der Waals surface area contributed by atoms with E-state index >= 15 is 0 Å². The number of ether oxygens (including phenoxy) is 1. The van der Waals surface area contributed by atoms with Crippen LogP contribution in [-0.4, -0.2) is 24.2 Å². The number of hydrogen-bond acceptors (Lipinski definition) is 5. The third-order valence-corrected chi connectivity index (χ3v) is 3.07. The van der Waals surface area contributed by atoms with Gasteiger partial charge in [-0.1, -0.05) is 0 Å². The molecule has 6 nitrogen and oxygen atoms in total. The van der Waals surface area contributed by atoms with Gasteiger partial charge in [-0.3, -0.25) is 0 Å². The van der Waals surface area contributed by atoms with Gasteiger partial charge in [-0.05, 0) is 55.8 Å². The van der Waals surface area contributed by atoms with E-state index in [1.165, 1.54) is 6.07 Å². The summed E-state index contributed by atoms with van der Waals surface area (Å²) in [6.07, 6.45) is 2.05. The lowest BCUT2D eigenvalue weighted by molar-refractivity contribution is 0.0658. The standard InChI is InChI=1S/C16H20N2O4/c17-9-1-2-10-18-12-3-5-13(6-4-12)21-11-14-7-8-15(22-14)16(19)20/h3-8,18H,1-2,9-11,17H2,(H,19,20). The highest BCUT2D eigenvalue weighted by Crippen LogP contribution is 2.18. The van der Waals surface area contributed by atoms with Crippen molar-refractivity contribution >= 4 is 11.7 Å². The lowest BCUT2D eigenvalue weighted by atomic mass is 10.2. The fourth-order valence-electron chi connectivity index (χ4n) is 1.90. The maximum Gasteiger partial charge on any atom is 0.371 e. The van der Waals surface area contributed by atoms with Crippen molar-refractivity contribution in [1.29, 1.82) is 0 Å². The Morgan fingerprint density at radius 2 is 1.95 bits per heavy atom. The molecule has 0 aliphatic carbocycles. The summed E-state index contributed by atoms with van der Waals surface area (Å²) >= 11 is 0. The quantitative estimate of drug-likeness (QED) is 0.616. The minimum absolute atomic E-state index is 0.0874. The summed E-state index contributed by atoms with van der Waals surface area (Å²) in [6, 6.07) is 10.6. The Labute approximate surface area is 128 Å². The van der Waals surface area contributed by atoms with Crippen LogP contribution in [0.25, 0.3) is 0 Å². The molecule has 0 radical (unpaired) electrons. The molecule has 1 heterocycles. The van der Waals surface area contributed by atoms with E-state index in [1.54, 1.807) is 6.07 Å². The highest BCUT2D eigenvalue weighted by atomic mass is 16.5. The number of carbonyl (C=O) groups is 1. The second-order valence-electron chi connectivity index (χ2n) is 4.81. The molecule has 0 unspecified atom stereocenters. The molecule has 118 valence electrons. The van der Waals surface area contributed by atoms with Crippen molar-refractivity contribution in [2.75, 3.05) is 18.4 Å². The van der Waals surface area contributed by atoms with Crippen LogP contribution in [0.3, 0.4) is 0 Å². The number of carboxylic acid groups (broad SMARTS) is 1. The Hall–Kier alpha value is -2.47. The van der Waals surface area contributed by atoms with Gasteiger partial charge < -0.3 is 25.3 Å². The first-order valence-corrected chi connectivity index (χ1v) is 7.18. The molecule has 0 fully saturated rings. The van der Waals surface area contributed by atoms with Gasteiger partial charge >= 0.3 is 5.97 Å². The third-order valence-electron chi connectivity index (χ3n) is 3.07. The molecule has 0 atom stereocenters. The van der Waals surface area contributed by atoms with Gasteiger partial charge in [-0.25, -0.2) is 4.79 Å². The van der Waals surface area contributed by atoms with Gasteiger partial charge in [0.1, 0.15) is 18.1 Å². The number of rotatable bonds is 9. The first-order valence-electron chi connectivity index (χ1n) is 7.18. The molecule has 1 aromatic carbocycles. The largest absolute Gasteiger partial charge is 0.486 e. The van der Waals surface area contributed by atoms with Crippen molar-refractivity contribution in [2.45, 2.75) is 19.4 Å². The van der Waals surface area contributed by atoms with E-state index in [9.17, 15) is 4.79 Å². The zero-order valence-electron chi connectivity index (χ0n) is 12.2. The zero-order chi connectivity index (χ0) is 15.8. The van der Waals surface area contributed by atoms with Crippen LogP contribution >= 0.6 is 0 Å². The second-order valence-corrected chi connectivity index (χ2v) is 4.81. The SMILES string of the molecule is NCCCCNc1ccc(OCc2ccc(C(=O)O)o2)cc1. The molecule has 4 N–H and O–H groups in total. The van der Waals surface area contributed by atoms with E-state index in [4.69, 9.17) is 20.0 Å². The van der Waals surface area contributed by atoms with E-state index in [0.717, 1.165) is 25.1 Å². The normalized spacial score (nSPS) is 10.4. The van der Waals surface area contributed by atoms with Crippen molar-refractivity contribution in [3.05, 3.63) is 47.9 Å². The summed E-state index contributed by atoms with van der Waals surface area (Å²) in [6.45, 7) is 1.79. The fraction of sp³-hybridized carbons (Fsp3) is 0.312. The molecule has 0 bridgehead atoms. The maximum absolute atomic E-state index is 10.7. The predicted molar refractivity (Wildman–Crippen MR) is 83.2 cm³/mol. The van der Waals surface area contributed by atoms with Gasteiger partial charge in [0.05, 0.1) is 0 Å². The molecule has 0 spiro atoms. The predicted octanol–water partition coefficient (Wildman–Crippen LogP) is 2.71. The summed E-state index contributed by atoms with van der Waals surface area (Å²) < 4.78 is 10.7. The minimum Gasteiger partial charge on any atom is -0.486 e. The van der Waals surface area contributed by atoms with Crippen LogP contribution in [-0.2, 0) is 6.61 Å². The minimum atomic E-state index is -1.09. The number of unbranched alkanes of at least 4 members (excludes halogenated alkanes) is 1. The van der Waals surface area contributed by atoms with E-state index in [1.807, 2.05) is 24.3 Å². The molecule has 22 heavy (non-hydrogen) atoms. The smallest absolute Gasteiger partial charge is 0.371 e. The highest BCUT2D eigenvalue weighted by molar-refractivity contribution is 5.84. The number of furan rings is 1. The number of anilines is 1. The van der Waals surface area contributed by atoms with Gasteiger partial charge in [-0.2, -0.15) is 0 Å². The molecular weight excluding hydrogens is 284 g/mol. The lowest BCUT2D eigenvalue weighted by Crippen LogP contribution is -2.05. The summed E-state index contributed by atoms with van der Waals surface area (Å²) in [5.41, 5.74) is 6.47. The topological polar surface area (TPSA) is 97.7 Å². The van der Waals surface area contributed by atoms with Crippen LogP contribution in [0.4, 0.5) is 5.69 Å². The molecule has 0 aliphatic heterocycles. The average Bonchev–Trinajstić information content (AvgIpc) is 3.00. The first kappa shape index (κ1) is 15.9. The van der Waals surface area contributed by atoms with Crippen LogP contribution in [0.1, 0.15) is 29.2 Å². The molecule has 0 saturated heterocycles. The zero-order valence-corrected chi connectivity index (χ0v) is 12.2. The summed E-state index contributed by atoms with van der Waals surface area (Å²) in [7, 11) is 0. The Morgan fingerprint density at radius 3 is 2.59 bits per heavy atom. The van der Waals surface area contributed by atoms with Gasteiger partial charge in [0, 0.05) is 12.2 Å². The number of aromatic carboxylic acids is 1. The van der Waals surface area contributed by atoms with Crippen LogP contribution < -0.4 is 15.8 Å². The number of benzene rings is 1. The Bertz CT molecular complexity index is 592. The van der Waals surface area contributed by atoms with Crippen molar-refractivity contribution in [2.24, 2.45) is 5.73 Å². The molecule has 0 aliphatic rings. The lowest BCUT2D eigenvalue weighted by Gasteiger charge is -2.08. The molecule has 2 aromatic rings. The van der Waals surface area contributed by atoms with Gasteiger partial charge in [0.15, 0.2) is 0 Å². The monoisotopic (exact) mass is 304 g/mol. The van der Waals surface area contributed by atoms with Crippen LogP contribution in [0.5, 0.6) is 5.75 Å². The molecule has 6 heteroatoms. The van der Waals surface area contributed by atoms with Gasteiger partial charge in [0.25, 0.3) is 0 Å². The third kappa shape index (κ3) is 4.82. The van der Waals surface area contributed by atoms with Crippen molar-refractivity contribution in [3.8, 4) is 5.75 Å². The Kier molecular flexibility index (Phi) is 5.85. The van der Waals surface area contributed by atoms with Gasteiger partial charge in [-0.15, -0.1) is 0 Å². The van der Waals surface area contributed by atoms with E-state index in [-0.39, 0.29) is 12.4 Å². The Morgan fingerprint density at radius 1 is 1.18 bits per heavy atom. The fourth-order valence-corrected chi connectivity index (χ4v) is 1.90. The van der Waals surface area contributed by atoms with Crippen molar-refractivity contribution in [1.82, 2.24) is 0 Å². The number of hydrogen-bond donors (Lipinski definition) is 3. The van der Waals surface area contributed by atoms with Crippen LogP contribution in [0.15, 0.2) is 40.8 Å². The first-order chi connectivity index (χ1) is 10.7. The van der Waals surface area contributed by atoms with Crippen LogP contribution in [0.2, 0.25) is 0 Å². The van der Waals surface area contributed by atoms with Crippen molar-refractivity contribution < 1.29 is 19.1 Å². The number of nitrogens with one attached hydrogen (secondary N) is 1. The van der Waals surface area contributed by atoms with Gasteiger partial charge in [0.2, 0.25) is 5.76 Å². The summed E-state index contributed by atoms with van der Waals surface area (Å²) in [5.74, 6) is -0.00545. The molecule has 2 rings (SSSR count). The van der Waals surface area contributed by atoms with E-state index in [0.29, 0.717) is 18.1 Å². The summed E-state index contributed by atoms with van der Waals surface area (Å²) in [4.78, 5) is 10.7. The molecular formula is C16H20N2O4. The molecule has 0 amide bonds. The number of carboxylic acids is 1.